The maximum atomic E-state index is 11.9. The van der Waals surface area contributed by atoms with Gasteiger partial charge in [0.2, 0.25) is 0 Å². The number of ether oxygens (including phenoxy) is 1. The highest BCUT2D eigenvalue weighted by atomic mass is 79.9. The van der Waals surface area contributed by atoms with Crippen molar-refractivity contribution in [3.05, 3.63) is 29.3 Å². The molecule has 0 bridgehead atoms. The van der Waals surface area contributed by atoms with E-state index in [2.05, 4.69) is 15.9 Å². The first-order chi connectivity index (χ1) is 7.97. The number of esters is 1. The summed E-state index contributed by atoms with van der Waals surface area (Å²) in [7, 11) is 0. The number of phenols is 1. The molecule has 92 valence electrons. The maximum absolute atomic E-state index is 11.9. The zero-order valence-corrected chi connectivity index (χ0v) is 11.2. The Balaban J connectivity index is 3.21. The Hall–Kier alpha value is -1.36. The Bertz CT molecular complexity index is 440. The molecule has 1 N–H and O–H groups in total. The summed E-state index contributed by atoms with van der Waals surface area (Å²) in [5.74, 6) is -0.900. The van der Waals surface area contributed by atoms with Crippen molar-refractivity contribution in [2.45, 2.75) is 18.7 Å². The smallest absolute Gasteiger partial charge is 0.338 e. The quantitative estimate of drug-likeness (QED) is 0.527. The Morgan fingerprint density at radius 2 is 2.06 bits per heavy atom. The summed E-state index contributed by atoms with van der Waals surface area (Å²) in [6.07, 6.45) is 0. The van der Waals surface area contributed by atoms with Gasteiger partial charge in [-0.3, -0.25) is 4.79 Å². The van der Waals surface area contributed by atoms with Crippen LogP contribution in [-0.4, -0.2) is 28.3 Å². The predicted molar refractivity (Wildman–Crippen MR) is 66.8 cm³/mol. The first-order valence-electron chi connectivity index (χ1n) is 5.15. The molecule has 0 aromatic heterocycles. The molecule has 0 amide bonds. The van der Waals surface area contributed by atoms with Gasteiger partial charge >= 0.3 is 5.97 Å². The molecular formula is C12H13BrO4. The molecule has 0 saturated heterocycles. The van der Waals surface area contributed by atoms with E-state index in [-0.39, 0.29) is 29.3 Å². The first-order valence-corrected chi connectivity index (χ1v) is 6.07. The molecule has 17 heavy (non-hydrogen) atoms. The number of rotatable bonds is 4. The number of alkyl halides is 1. The Morgan fingerprint density at radius 3 is 2.59 bits per heavy atom. The van der Waals surface area contributed by atoms with Gasteiger partial charge in [0.15, 0.2) is 5.78 Å². The van der Waals surface area contributed by atoms with E-state index >= 15 is 0 Å². The minimum Gasteiger partial charge on any atom is -0.508 e. The Labute approximate surface area is 108 Å². The largest absolute Gasteiger partial charge is 0.508 e. The number of carbonyl (C=O) groups excluding carboxylic acids is 2. The number of carbonyl (C=O) groups is 2. The fourth-order valence-electron chi connectivity index (χ4n) is 1.34. The summed E-state index contributed by atoms with van der Waals surface area (Å²) in [5, 5.41) is 9.36. The number of hydrogen-bond donors (Lipinski definition) is 1. The van der Waals surface area contributed by atoms with Crippen LogP contribution in [0.4, 0.5) is 0 Å². The number of phenolic OH excluding ortho intramolecular Hbond substituents is 1. The second kappa shape index (κ2) is 5.82. The highest BCUT2D eigenvalue weighted by Crippen LogP contribution is 2.21. The summed E-state index contributed by atoms with van der Waals surface area (Å²) in [5.41, 5.74) is 0.328. The van der Waals surface area contributed by atoms with Crippen molar-refractivity contribution in [3.8, 4) is 5.75 Å². The molecular weight excluding hydrogens is 288 g/mol. The van der Waals surface area contributed by atoms with Crippen LogP contribution in [0.15, 0.2) is 18.2 Å². The maximum Gasteiger partial charge on any atom is 0.338 e. The van der Waals surface area contributed by atoms with Crippen molar-refractivity contribution < 1.29 is 19.4 Å². The Morgan fingerprint density at radius 1 is 1.41 bits per heavy atom. The highest BCUT2D eigenvalue weighted by molar-refractivity contribution is 9.10. The van der Waals surface area contributed by atoms with E-state index < -0.39 is 10.8 Å². The van der Waals surface area contributed by atoms with Gasteiger partial charge in [-0.15, -0.1) is 0 Å². The molecule has 1 unspecified atom stereocenters. The number of benzene rings is 1. The summed E-state index contributed by atoms with van der Waals surface area (Å²) in [4.78, 5) is 23.1. The number of hydrogen-bond acceptors (Lipinski definition) is 4. The molecule has 5 heteroatoms. The summed E-state index contributed by atoms with van der Waals surface area (Å²) < 4.78 is 4.85. The van der Waals surface area contributed by atoms with Crippen molar-refractivity contribution in [2.24, 2.45) is 0 Å². The van der Waals surface area contributed by atoms with Gasteiger partial charge in [-0.25, -0.2) is 4.79 Å². The second-order valence-electron chi connectivity index (χ2n) is 3.43. The van der Waals surface area contributed by atoms with E-state index in [0.717, 1.165) is 0 Å². The number of ketones is 1. The molecule has 0 aliphatic rings. The predicted octanol–water partition coefficient (Wildman–Crippen LogP) is 2.54. The minimum absolute atomic E-state index is 0.0606. The fourth-order valence-corrected chi connectivity index (χ4v) is 1.58. The van der Waals surface area contributed by atoms with Crippen LogP contribution in [0, 0.1) is 0 Å². The van der Waals surface area contributed by atoms with E-state index in [1.807, 2.05) is 0 Å². The minimum atomic E-state index is -0.566. The average molecular weight is 301 g/mol. The molecule has 0 aliphatic carbocycles. The lowest BCUT2D eigenvalue weighted by molar-refractivity contribution is 0.0523. The molecule has 1 aromatic carbocycles. The van der Waals surface area contributed by atoms with Crippen LogP contribution in [0.2, 0.25) is 0 Å². The van der Waals surface area contributed by atoms with E-state index in [1.54, 1.807) is 13.8 Å². The Kier molecular flexibility index (Phi) is 4.69. The van der Waals surface area contributed by atoms with Crippen LogP contribution in [0.5, 0.6) is 5.75 Å². The normalized spacial score (nSPS) is 11.9. The topological polar surface area (TPSA) is 63.6 Å². The second-order valence-corrected chi connectivity index (χ2v) is 4.80. The van der Waals surface area contributed by atoms with Gasteiger partial charge in [0.25, 0.3) is 0 Å². The number of Topliss-reactive ketones (excluding diaryl/α,β-unsaturated/α-hetero) is 1. The van der Waals surface area contributed by atoms with Gasteiger partial charge < -0.3 is 9.84 Å². The molecule has 0 heterocycles. The summed E-state index contributed by atoms with van der Waals surface area (Å²) in [6.45, 7) is 3.57. The summed E-state index contributed by atoms with van der Waals surface area (Å²) in [6, 6.07) is 4.00. The van der Waals surface area contributed by atoms with E-state index in [1.165, 1.54) is 18.2 Å². The SMILES string of the molecule is CCOC(=O)c1ccc(O)cc1C(=O)C(C)Br. The van der Waals surface area contributed by atoms with Crippen LogP contribution in [0.3, 0.4) is 0 Å². The van der Waals surface area contributed by atoms with Gasteiger partial charge in [-0.1, -0.05) is 15.9 Å². The van der Waals surface area contributed by atoms with Crippen molar-refractivity contribution >= 4 is 27.7 Å². The first kappa shape index (κ1) is 13.7. The van der Waals surface area contributed by atoms with Crippen molar-refractivity contribution in [1.29, 1.82) is 0 Å². The van der Waals surface area contributed by atoms with Crippen LogP contribution in [-0.2, 0) is 4.74 Å². The van der Waals surface area contributed by atoms with Gasteiger partial charge in [-0.05, 0) is 32.0 Å². The molecule has 0 fully saturated rings. The van der Waals surface area contributed by atoms with Crippen molar-refractivity contribution in [2.75, 3.05) is 6.61 Å². The van der Waals surface area contributed by atoms with Crippen LogP contribution >= 0.6 is 15.9 Å². The third-order valence-electron chi connectivity index (χ3n) is 2.13. The van der Waals surface area contributed by atoms with Crippen molar-refractivity contribution in [3.63, 3.8) is 0 Å². The molecule has 1 rings (SSSR count). The van der Waals surface area contributed by atoms with Crippen LogP contribution < -0.4 is 0 Å². The third kappa shape index (κ3) is 3.30. The fraction of sp³-hybridized carbons (Fsp3) is 0.333. The monoisotopic (exact) mass is 300 g/mol. The zero-order chi connectivity index (χ0) is 13.0. The highest BCUT2D eigenvalue weighted by Gasteiger charge is 2.21. The lowest BCUT2D eigenvalue weighted by Crippen LogP contribution is -2.16. The van der Waals surface area contributed by atoms with E-state index in [0.29, 0.717) is 0 Å². The van der Waals surface area contributed by atoms with Crippen molar-refractivity contribution in [1.82, 2.24) is 0 Å². The summed E-state index contributed by atoms with van der Waals surface area (Å²) >= 11 is 3.14. The molecule has 1 atom stereocenters. The standard InChI is InChI=1S/C12H13BrO4/c1-3-17-12(16)9-5-4-8(14)6-10(9)11(15)7(2)13/h4-7,14H,3H2,1-2H3. The molecule has 4 nitrogen and oxygen atoms in total. The molecule has 0 aliphatic heterocycles. The lowest BCUT2D eigenvalue weighted by Gasteiger charge is -2.09. The van der Waals surface area contributed by atoms with E-state index in [9.17, 15) is 14.7 Å². The molecule has 1 aromatic rings. The lowest BCUT2D eigenvalue weighted by atomic mass is 10.0. The van der Waals surface area contributed by atoms with Gasteiger partial charge in [0.1, 0.15) is 5.75 Å². The van der Waals surface area contributed by atoms with Gasteiger partial charge in [-0.2, -0.15) is 0 Å². The van der Waals surface area contributed by atoms with Gasteiger partial charge in [0.05, 0.1) is 17.0 Å². The van der Waals surface area contributed by atoms with E-state index in [4.69, 9.17) is 4.74 Å². The zero-order valence-electron chi connectivity index (χ0n) is 9.57. The van der Waals surface area contributed by atoms with Crippen LogP contribution in [0.1, 0.15) is 34.6 Å². The van der Waals surface area contributed by atoms with Crippen LogP contribution in [0.25, 0.3) is 0 Å². The molecule has 0 spiro atoms. The third-order valence-corrected chi connectivity index (χ3v) is 2.54. The van der Waals surface area contributed by atoms with Gasteiger partial charge in [0, 0.05) is 5.56 Å². The molecule has 0 saturated carbocycles. The number of halogens is 1. The molecule has 0 radical (unpaired) electrons. The number of aromatic hydroxyl groups is 1. The average Bonchev–Trinajstić information content (AvgIpc) is 2.28.